The largest absolute Gasteiger partial charge is 0.480 e. The molecule has 8 heteroatoms. The maximum absolute atomic E-state index is 12.1. The van der Waals surface area contributed by atoms with Gasteiger partial charge in [-0.1, -0.05) is 48.5 Å². The van der Waals surface area contributed by atoms with Crippen molar-refractivity contribution in [3.8, 4) is 11.1 Å². The smallest absolute Gasteiger partial charge is 0.407 e. The average Bonchev–Trinajstić information content (AvgIpc) is 2.99. The molecule has 0 bridgehead atoms. The lowest BCUT2D eigenvalue weighted by atomic mass is 9.98. The van der Waals surface area contributed by atoms with Crippen LogP contribution in [0, 0.1) is 0 Å². The van der Waals surface area contributed by atoms with E-state index in [1.54, 1.807) is 0 Å². The molecule has 0 aliphatic heterocycles. The Morgan fingerprint density at radius 2 is 1.61 bits per heavy atom. The van der Waals surface area contributed by atoms with Crippen molar-refractivity contribution in [1.82, 2.24) is 10.6 Å². The number of benzene rings is 2. The van der Waals surface area contributed by atoms with Crippen molar-refractivity contribution in [3.63, 3.8) is 0 Å². The van der Waals surface area contributed by atoms with Crippen molar-refractivity contribution >= 4 is 18.1 Å². The van der Waals surface area contributed by atoms with Gasteiger partial charge >= 0.3 is 18.1 Å². The Bertz CT molecular complexity index is 853. The highest BCUT2D eigenvalue weighted by molar-refractivity contribution is 5.81. The first-order chi connectivity index (χ1) is 13.5. The van der Waals surface area contributed by atoms with Gasteiger partial charge in [-0.25, -0.2) is 14.4 Å². The maximum Gasteiger partial charge on any atom is 0.407 e. The van der Waals surface area contributed by atoms with Crippen molar-refractivity contribution in [1.29, 1.82) is 0 Å². The van der Waals surface area contributed by atoms with Gasteiger partial charge in [0.15, 0.2) is 0 Å². The first-order valence-corrected chi connectivity index (χ1v) is 8.85. The molecule has 0 heterocycles. The Balaban J connectivity index is 1.62. The van der Waals surface area contributed by atoms with Crippen LogP contribution in [0.15, 0.2) is 48.5 Å². The van der Waals surface area contributed by atoms with Crippen molar-refractivity contribution < 1.29 is 24.2 Å². The number of rotatable bonds is 7. The average molecular weight is 383 g/mol. The number of nitrogens with two attached hydrogens (primary N) is 1. The summed E-state index contributed by atoms with van der Waals surface area (Å²) >= 11 is 0. The number of urea groups is 1. The number of primary amides is 1. The molecule has 0 spiro atoms. The fourth-order valence-electron chi connectivity index (χ4n) is 3.38. The van der Waals surface area contributed by atoms with E-state index in [9.17, 15) is 19.5 Å². The van der Waals surface area contributed by atoms with E-state index in [0.29, 0.717) is 0 Å². The van der Waals surface area contributed by atoms with Crippen LogP contribution in [0.2, 0.25) is 0 Å². The second kappa shape index (κ2) is 8.43. The SMILES string of the molecule is NC(=O)NCC[C@@H](NC(=O)OCC1c2ccccc2-c2ccccc21)C(=O)O. The van der Waals surface area contributed by atoms with E-state index in [2.05, 4.69) is 10.6 Å². The highest BCUT2D eigenvalue weighted by Gasteiger charge is 2.29. The van der Waals surface area contributed by atoms with Gasteiger partial charge < -0.3 is 26.2 Å². The minimum atomic E-state index is -1.22. The number of amides is 3. The van der Waals surface area contributed by atoms with Gasteiger partial charge in [0, 0.05) is 12.5 Å². The Morgan fingerprint density at radius 1 is 1.04 bits per heavy atom. The molecule has 0 unspecified atom stereocenters. The number of carboxylic acids is 1. The molecule has 0 saturated carbocycles. The maximum atomic E-state index is 12.1. The van der Waals surface area contributed by atoms with Gasteiger partial charge in [0.1, 0.15) is 12.6 Å². The molecule has 0 fully saturated rings. The second-order valence-electron chi connectivity index (χ2n) is 6.44. The molecule has 2 aromatic rings. The van der Waals surface area contributed by atoms with Crippen LogP contribution in [0.25, 0.3) is 11.1 Å². The Labute approximate surface area is 161 Å². The molecule has 1 aliphatic carbocycles. The van der Waals surface area contributed by atoms with Crippen molar-refractivity contribution in [2.24, 2.45) is 5.73 Å². The van der Waals surface area contributed by atoms with Crippen LogP contribution in [0.4, 0.5) is 9.59 Å². The Hall–Kier alpha value is -3.55. The van der Waals surface area contributed by atoms with E-state index in [1.807, 2.05) is 48.5 Å². The lowest BCUT2D eigenvalue weighted by Crippen LogP contribution is -2.44. The van der Waals surface area contributed by atoms with Gasteiger partial charge in [0.2, 0.25) is 0 Å². The molecule has 5 N–H and O–H groups in total. The number of hydrogen-bond donors (Lipinski definition) is 4. The first-order valence-electron chi connectivity index (χ1n) is 8.85. The quantitative estimate of drug-likeness (QED) is 0.581. The van der Waals surface area contributed by atoms with Gasteiger partial charge in [-0.3, -0.25) is 0 Å². The monoisotopic (exact) mass is 383 g/mol. The number of carbonyl (C=O) groups is 3. The van der Waals surface area contributed by atoms with E-state index in [4.69, 9.17) is 10.5 Å². The van der Waals surface area contributed by atoms with Gasteiger partial charge in [-0.15, -0.1) is 0 Å². The second-order valence-corrected chi connectivity index (χ2v) is 6.44. The Morgan fingerprint density at radius 3 is 2.14 bits per heavy atom. The summed E-state index contributed by atoms with van der Waals surface area (Å²) in [5.41, 5.74) is 9.28. The topological polar surface area (TPSA) is 131 Å². The predicted molar refractivity (Wildman–Crippen MR) is 102 cm³/mol. The van der Waals surface area contributed by atoms with Gasteiger partial charge in [0.05, 0.1) is 0 Å². The zero-order valence-electron chi connectivity index (χ0n) is 15.1. The number of fused-ring (bicyclic) bond motifs is 3. The minimum Gasteiger partial charge on any atom is -0.480 e. The minimum absolute atomic E-state index is 0.0114. The molecule has 0 aromatic heterocycles. The molecule has 2 aromatic carbocycles. The van der Waals surface area contributed by atoms with Crippen molar-refractivity contribution in [3.05, 3.63) is 59.7 Å². The van der Waals surface area contributed by atoms with Crippen LogP contribution in [0.5, 0.6) is 0 Å². The molecule has 1 atom stereocenters. The van der Waals surface area contributed by atoms with Gasteiger partial charge in [0.25, 0.3) is 0 Å². The van der Waals surface area contributed by atoms with Crippen LogP contribution in [-0.4, -0.2) is 42.4 Å². The van der Waals surface area contributed by atoms with Crippen LogP contribution >= 0.6 is 0 Å². The molecule has 28 heavy (non-hydrogen) atoms. The number of carbonyl (C=O) groups excluding carboxylic acids is 2. The summed E-state index contributed by atoms with van der Waals surface area (Å²) in [4.78, 5) is 34.1. The number of carboxylic acid groups (broad SMARTS) is 1. The van der Waals surface area contributed by atoms with E-state index < -0.39 is 24.1 Å². The third kappa shape index (κ3) is 4.22. The number of nitrogens with one attached hydrogen (secondary N) is 2. The molecule has 146 valence electrons. The lowest BCUT2D eigenvalue weighted by Gasteiger charge is -2.17. The highest BCUT2D eigenvalue weighted by Crippen LogP contribution is 2.44. The zero-order chi connectivity index (χ0) is 20.1. The van der Waals surface area contributed by atoms with Gasteiger partial charge in [-0.05, 0) is 28.7 Å². The number of hydrogen-bond acceptors (Lipinski definition) is 4. The standard InChI is InChI=1S/C20H21N3O5/c21-19(26)22-10-9-17(18(24)25)23-20(27)28-11-16-14-7-3-1-5-12(14)13-6-2-4-8-15(13)16/h1-8,16-17H,9-11H2,(H,23,27)(H,24,25)(H3,21,22,26)/t17-/m1/s1. The fraction of sp³-hybridized carbons (Fsp3) is 0.250. The number of ether oxygens (including phenoxy) is 1. The third-order valence-electron chi connectivity index (χ3n) is 4.67. The van der Waals surface area contributed by atoms with Crippen LogP contribution in [0.3, 0.4) is 0 Å². The summed E-state index contributed by atoms with van der Waals surface area (Å²) in [5.74, 6) is -1.34. The Kier molecular flexibility index (Phi) is 5.78. The van der Waals surface area contributed by atoms with E-state index in [-0.39, 0.29) is 25.5 Å². The normalized spacial score (nSPS) is 13.1. The zero-order valence-corrected chi connectivity index (χ0v) is 15.1. The summed E-state index contributed by atoms with van der Waals surface area (Å²) in [6.45, 7) is 0.113. The molecule has 8 nitrogen and oxygen atoms in total. The summed E-state index contributed by atoms with van der Waals surface area (Å²) in [5, 5.41) is 13.8. The van der Waals surface area contributed by atoms with Crippen molar-refractivity contribution in [2.75, 3.05) is 13.2 Å². The third-order valence-corrected chi connectivity index (χ3v) is 4.67. The predicted octanol–water partition coefficient (Wildman–Crippen LogP) is 2.04. The molecule has 0 saturated heterocycles. The molecule has 0 radical (unpaired) electrons. The van der Waals surface area contributed by atoms with Crippen LogP contribution < -0.4 is 16.4 Å². The summed E-state index contributed by atoms with van der Waals surface area (Å²) in [7, 11) is 0. The molecular formula is C20H21N3O5. The molecule has 3 rings (SSSR count). The van der Waals surface area contributed by atoms with E-state index in [1.165, 1.54) is 0 Å². The molecule has 3 amide bonds. The number of aliphatic carboxylic acids is 1. The highest BCUT2D eigenvalue weighted by atomic mass is 16.5. The first kappa shape index (κ1) is 19.2. The number of alkyl carbamates (subject to hydrolysis) is 1. The van der Waals surface area contributed by atoms with Gasteiger partial charge in [-0.2, -0.15) is 0 Å². The fourth-order valence-corrected chi connectivity index (χ4v) is 3.38. The summed E-state index contributed by atoms with van der Waals surface area (Å²) in [6, 6.07) is 13.9. The van der Waals surface area contributed by atoms with E-state index in [0.717, 1.165) is 22.3 Å². The van der Waals surface area contributed by atoms with E-state index >= 15 is 0 Å². The molecular weight excluding hydrogens is 362 g/mol. The van der Waals surface area contributed by atoms with Crippen LogP contribution in [0.1, 0.15) is 23.5 Å². The molecule has 1 aliphatic rings. The van der Waals surface area contributed by atoms with Crippen LogP contribution in [-0.2, 0) is 9.53 Å². The van der Waals surface area contributed by atoms with Crippen molar-refractivity contribution in [2.45, 2.75) is 18.4 Å². The summed E-state index contributed by atoms with van der Waals surface area (Å²) in [6.07, 6.45) is -0.837. The summed E-state index contributed by atoms with van der Waals surface area (Å²) < 4.78 is 5.32. The lowest BCUT2D eigenvalue weighted by molar-refractivity contribution is -0.139.